The molecule has 16 heavy (non-hydrogen) atoms. The highest BCUT2D eigenvalue weighted by molar-refractivity contribution is 4.85. The van der Waals surface area contributed by atoms with Crippen molar-refractivity contribution in [2.75, 3.05) is 20.1 Å². The average Bonchev–Trinajstić information content (AvgIpc) is 2.22. The van der Waals surface area contributed by atoms with Gasteiger partial charge < -0.3 is 10.2 Å². The molecule has 0 aromatic rings. The van der Waals surface area contributed by atoms with Crippen molar-refractivity contribution in [2.24, 2.45) is 11.8 Å². The Kier molecular flexibility index (Phi) is 5.77. The van der Waals surface area contributed by atoms with Crippen LogP contribution in [0.1, 0.15) is 47.0 Å². The van der Waals surface area contributed by atoms with Crippen LogP contribution in [-0.4, -0.2) is 37.1 Å². The van der Waals surface area contributed by atoms with Crippen LogP contribution in [0.3, 0.4) is 0 Å². The van der Waals surface area contributed by atoms with Crippen LogP contribution in [0, 0.1) is 11.8 Å². The normalized spacial score (nSPS) is 31.3. The van der Waals surface area contributed by atoms with Crippen molar-refractivity contribution in [2.45, 2.75) is 59.0 Å². The summed E-state index contributed by atoms with van der Waals surface area (Å²) in [4.78, 5) is 2.49. The lowest BCUT2D eigenvalue weighted by Gasteiger charge is -2.38. The summed E-state index contributed by atoms with van der Waals surface area (Å²) in [5.74, 6) is 1.76. The molecule has 1 aliphatic rings. The summed E-state index contributed by atoms with van der Waals surface area (Å²) in [5.41, 5.74) is 0. The van der Waals surface area contributed by atoms with E-state index in [0.717, 1.165) is 24.4 Å². The van der Waals surface area contributed by atoms with Gasteiger partial charge in [0.15, 0.2) is 0 Å². The number of nitrogens with one attached hydrogen (secondary N) is 1. The van der Waals surface area contributed by atoms with Crippen LogP contribution in [-0.2, 0) is 0 Å². The Morgan fingerprint density at radius 3 is 2.56 bits per heavy atom. The van der Waals surface area contributed by atoms with Gasteiger partial charge >= 0.3 is 0 Å². The highest BCUT2D eigenvalue weighted by Gasteiger charge is 2.28. The second-order valence-corrected chi connectivity index (χ2v) is 5.88. The fraction of sp³-hybridized carbons (Fsp3) is 1.00. The Morgan fingerprint density at radius 2 is 2.00 bits per heavy atom. The van der Waals surface area contributed by atoms with Gasteiger partial charge in [0.2, 0.25) is 0 Å². The maximum atomic E-state index is 3.67. The van der Waals surface area contributed by atoms with Crippen molar-refractivity contribution in [1.29, 1.82) is 0 Å². The van der Waals surface area contributed by atoms with E-state index < -0.39 is 0 Å². The molecule has 0 heterocycles. The zero-order valence-corrected chi connectivity index (χ0v) is 11.8. The summed E-state index contributed by atoms with van der Waals surface area (Å²) in [5, 5.41) is 3.67. The quantitative estimate of drug-likeness (QED) is 0.775. The molecule has 2 heteroatoms. The minimum Gasteiger partial charge on any atom is -0.314 e. The number of nitrogens with zero attached hydrogens (tertiary/aromatic N) is 1. The molecule has 0 saturated heterocycles. The Hall–Kier alpha value is -0.0800. The smallest absolute Gasteiger partial charge is 0.0108 e. The molecule has 0 amide bonds. The minimum atomic E-state index is 0.666. The molecule has 0 aromatic carbocycles. The van der Waals surface area contributed by atoms with E-state index in [9.17, 15) is 0 Å². The number of hydrogen-bond acceptors (Lipinski definition) is 2. The molecule has 2 nitrogen and oxygen atoms in total. The summed E-state index contributed by atoms with van der Waals surface area (Å²) in [7, 11) is 2.26. The van der Waals surface area contributed by atoms with Gasteiger partial charge in [-0.05, 0) is 58.5 Å². The molecule has 96 valence electrons. The highest BCUT2D eigenvalue weighted by atomic mass is 15.1. The van der Waals surface area contributed by atoms with Crippen molar-refractivity contribution in [3.63, 3.8) is 0 Å². The first-order valence-electron chi connectivity index (χ1n) is 6.98. The first kappa shape index (κ1) is 14.0. The topological polar surface area (TPSA) is 15.3 Å². The first-order valence-corrected chi connectivity index (χ1v) is 6.98. The molecular weight excluding hydrogens is 196 g/mol. The Labute approximate surface area is 102 Å². The van der Waals surface area contributed by atoms with Gasteiger partial charge in [-0.3, -0.25) is 0 Å². The summed E-state index contributed by atoms with van der Waals surface area (Å²) in [6.07, 6.45) is 4.17. The predicted molar refractivity (Wildman–Crippen MR) is 71.7 cm³/mol. The van der Waals surface area contributed by atoms with Crippen LogP contribution in [0.15, 0.2) is 0 Å². The molecule has 1 saturated carbocycles. The summed E-state index contributed by atoms with van der Waals surface area (Å²) < 4.78 is 0. The Morgan fingerprint density at radius 1 is 1.31 bits per heavy atom. The molecule has 3 atom stereocenters. The molecule has 3 unspecified atom stereocenters. The molecule has 0 bridgehead atoms. The lowest BCUT2D eigenvalue weighted by Crippen LogP contribution is -2.46. The summed E-state index contributed by atoms with van der Waals surface area (Å²) in [6, 6.07) is 1.42. The van der Waals surface area contributed by atoms with Crippen LogP contribution in [0.2, 0.25) is 0 Å². The van der Waals surface area contributed by atoms with Crippen molar-refractivity contribution in [1.82, 2.24) is 10.2 Å². The number of hydrogen-bond donors (Lipinski definition) is 1. The van der Waals surface area contributed by atoms with Gasteiger partial charge in [0.1, 0.15) is 0 Å². The molecule has 0 spiro atoms. The van der Waals surface area contributed by atoms with Crippen molar-refractivity contribution in [3.8, 4) is 0 Å². The molecule has 1 aliphatic carbocycles. The van der Waals surface area contributed by atoms with Crippen LogP contribution < -0.4 is 5.32 Å². The minimum absolute atomic E-state index is 0.666. The third-order valence-corrected chi connectivity index (χ3v) is 4.11. The molecule has 0 radical (unpaired) electrons. The van der Waals surface area contributed by atoms with Crippen molar-refractivity contribution in [3.05, 3.63) is 0 Å². The van der Waals surface area contributed by atoms with E-state index in [-0.39, 0.29) is 0 Å². The maximum Gasteiger partial charge on any atom is 0.0108 e. The molecule has 0 aliphatic heterocycles. The Balaban J connectivity index is 2.50. The monoisotopic (exact) mass is 226 g/mol. The second kappa shape index (κ2) is 6.61. The zero-order chi connectivity index (χ0) is 12.1. The molecule has 1 rings (SSSR count). The van der Waals surface area contributed by atoms with Gasteiger partial charge in [-0.2, -0.15) is 0 Å². The van der Waals surface area contributed by atoms with E-state index in [1.165, 1.54) is 25.8 Å². The van der Waals surface area contributed by atoms with Gasteiger partial charge in [-0.15, -0.1) is 0 Å². The third kappa shape index (κ3) is 4.06. The van der Waals surface area contributed by atoms with Crippen molar-refractivity contribution < 1.29 is 0 Å². The van der Waals surface area contributed by atoms with E-state index in [0.29, 0.717) is 6.04 Å². The lowest BCUT2D eigenvalue weighted by molar-refractivity contribution is 0.145. The van der Waals surface area contributed by atoms with Crippen LogP contribution in [0.25, 0.3) is 0 Å². The van der Waals surface area contributed by atoms with Crippen LogP contribution in [0.5, 0.6) is 0 Å². The van der Waals surface area contributed by atoms with Crippen LogP contribution in [0.4, 0.5) is 0 Å². The second-order valence-electron chi connectivity index (χ2n) is 5.88. The Bertz CT molecular complexity index is 191. The average molecular weight is 226 g/mol. The summed E-state index contributed by atoms with van der Waals surface area (Å²) in [6.45, 7) is 11.6. The van der Waals surface area contributed by atoms with E-state index in [1.54, 1.807) is 0 Å². The zero-order valence-electron chi connectivity index (χ0n) is 11.8. The third-order valence-electron chi connectivity index (χ3n) is 4.11. The molecule has 0 aromatic heterocycles. The molecular formula is C14H30N2. The van der Waals surface area contributed by atoms with Crippen molar-refractivity contribution >= 4 is 0 Å². The predicted octanol–water partition coefficient (Wildman–Crippen LogP) is 2.74. The van der Waals surface area contributed by atoms with Gasteiger partial charge in [0, 0.05) is 18.6 Å². The standard InChI is InChI=1S/C14H30N2/c1-6-15-14-8-7-12(4)9-13(14)10-16(5)11(2)3/h11-15H,6-10H2,1-5H3. The van der Waals surface area contributed by atoms with E-state index in [2.05, 4.69) is 45.0 Å². The van der Waals surface area contributed by atoms with Gasteiger partial charge in [-0.1, -0.05) is 13.8 Å². The first-order chi connectivity index (χ1) is 7.54. The fourth-order valence-electron chi connectivity index (χ4n) is 2.81. The fourth-order valence-corrected chi connectivity index (χ4v) is 2.81. The summed E-state index contributed by atoms with van der Waals surface area (Å²) >= 11 is 0. The van der Waals surface area contributed by atoms with Gasteiger partial charge in [0.05, 0.1) is 0 Å². The van der Waals surface area contributed by atoms with E-state index >= 15 is 0 Å². The SMILES string of the molecule is CCNC1CCC(C)CC1CN(C)C(C)C. The highest BCUT2D eigenvalue weighted by Crippen LogP contribution is 2.29. The largest absolute Gasteiger partial charge is 0.314 e. The molecule has 1 fully saturated rings. The lowest BCUT2D eigenvalue weighted by atomic mass is 9.78. The molecule has 1 N–H and O–H groups in total. The van der Waals surface area contributed by atoms with E-state index in [4.69, 9.17) is 0 Å². The van der Waals surface area contributed by atoms with Gasteiger partial charge in [0.25, 0.3) is 0 Å². The van der Waals surface area contributed by atoms with Crippen LogP contribution >= 0.6 is 0 Å². The van der Waals surface area contributed by atoms with Gasteiger partial charge in [-0.25, -0.2) is 0 Å². The van der Waals surface area contributed by atoms with E-state index in [1.807, 2.05) is 0 Å². The number of rotatable bonds is 5. The maximum absolute atomic E-state index is 3.67.